The molecule has 1 heterocycles. The summed E-state index contributed by atoms with van der Waals surface area (Å²) < 4.78 is 0. The first kappa shape index (κ1) is 17.3. The van der Waals surface area contributed by atoms with Gasteiger partial charge < -0.3 is 4.90 Å². The van der Waals surface area contributed by atoms with Gasteiger partial charge in [0, 0.05) is 26.2 Å². The minimum Gasteiger partial charge on any atom is -0.339 e. The van der Waals surface area contributed by atoms with E-state index in [9.17, 15) is 9.59 Å². The maximum absolute atomic E-state index is 11.9. The van der Waals surface area contributed by atoms with E-state index in [1.165, 1.54) is 12.8 Å². The third kappa shape index (κ3) is 6.58. The van der Waals surface area contributed by atoms with E-state index in [1.54, 1.807) is 0 Å². The molecular weight excluding hydrogens is 276 g/mol. The number of nitrogens with one attached hydrogen (secondary N) is 1. The first-order valence-electron chi connectivity index (χ1n) is 7.16. The molecule has 0 aliphatic carbocycles. The Hall–Kier alpha value is -0.790. The lowest BCUT2D eigenvalue weighted by molar-refractivity contribution is -0.130. The van der Waals surface area contributed by atoms with E-state index in [4.69, 9.17) is 5.84 Å². The normalized spacial score (nSPS) is 16.5. The molecule has 0 aromatic carbocycles. The van der Waals surface area contributed by atoms with Crippen molar-refractivity contribution in [3.63, 3.8) is 0 Å². The predicted octanol–water partition coefficient (Wildman–Crippen LogP) is 0.883. The van der Waals surface area contributed by atoms with Crippen LogP contribution in [-0.4, -0.2) is 59.4 Å². The van der Waals surface area contributed by atoms with Crippen LogP contribution in [-0.2, 0) is 4.79 Å². The van der Waals surface area contributed by atoms with Gasteiger partial charge in [0.1, 0.15) is 0 Å². The molecule has 1 fully saturated rings. The molecule has 0 atom stereocenters. The van der Waals surface area contributed by atoms with Crippen molar-refractivity contribution in [2.24, 2.45) is 11.8 Å². The molecular formula is C13H26N4O2S. The van der Waals surface area contributed by atoms with Crippen molar-refractivity contribution in [2.75, 3.05) is 38.5 Å². The standard InChI is InChI=1S/C13H26N4O2S/c1-11(2)4-3-5-16-6-8-17(9-7-16)12(18)10-20-13(19)15-14/h11H,3-10,14H2,1-2H3,(H,15,19). The first-order chi connectivity index (χ1) is 9.52. The van der Waals surface area contributed by atoms with E-state index in [1.807, 2.05) is 10.3 Å². The van der Waals surface area contributed by atoms with E-state index in [-0.39, 0.29) is 16.9 Å². The molecule has 6 nitrogen and oxygen atoms in total. The van der Waals surface area contributed by atoms with Gasteiger partial charge in [-0.15, -0.1) is 0 Å². The van der Waals surface area contributed by atoms with Gasteiger partial charge in [-0.25, -0.2) is 5.84 Å². The minimum atomic E-state index is -0.370. The van der Waals surface area contributed by atoms with Crippen LogP contribution in [0.2, 0.25) is 0 Å². The number of nitrogens with zero attached hydrogens (tertiary/aromatic N) is 2. The maximum Gasteiger partial charge on any atom is 0.293 e. The van der Waals surface area contributed by atoms with Crippen molar-refractivity contribution < 1.29 is 9.59 Å². The Morgan fingerprint density at radius 3 is 2.45 bits per heavy atom. The Balaban J connectivity index is 2.17. The van der Waals surface area contributed by atoms with Crippen LogP contribution in [0.3, 0.4) is 0 Å². The fraction of sp³-hybridized carbons (Fsp3) is 0.846. The second kappa shape index (κ2) is 9.20. The number of amides is 2. The molecule has 3 N–H and O–H groups in total. The van der Waals surface area contributed by atoms with Crippen LogP contribution in [0.25, 0.3) is 0 Å². The number of nitrogens with two attached hydrogens (primary N) is 1. The molecule has 7 heteroatoms. The van der Waals surface area contributed by atoms with Gasteiger partial charge in [0.05, 0.1) is 5.75 Å². The van der Waals surface area contributed by atoms with Gasteiger partial charge in [-0.1, -0.05) is 25.6 Å². The second-order valence-corrected chi connectivity index (χ2v) is 6.43. The van der Waals surface area contributed by atoms with Gasteiger partial charge in [0.2, 0.25) is 5.91 Å². The van der Waals surface area contributed by atoms with Gasteiger partial charge in [0.25, 0.3) is 5.24 Å². The lowest BCUT2D eigenvalue weighted by Crippen LogP contribution is -2.49. The van der Waals surface area contributed by atoms with Crippen LogP contribution in [0.15, 0.2) is 0 Å². The van der Waals surface area contributed by atoms with Crippen molar-refractivity contribution in [3.8, 4) is 0 Å². The van der Waals surface area contributed by atoms with E-state index in [2.05, 4.69) is 18.7 Å². The van der Waals surface area contributed by atoms with E-state index in [0.29, 0.717) is 0 Å². The molecule has 1 rings (SSSR count). The summed E-state index contributed by atoms with van der Waals surface area (Å²) in [5.74, 6) is 5.90. The monoisotopic (exact) mass is 302 g/mol. The zero-order valence-corrected chi connectivity index (χ0v) is 13.2. The van der Waals surface area contributed by atoms with Gasteiger partial charge in [-0.2, -0.15) is 0 Å². The molecule has 116 valence electrons. The average molecular weight is 302 g/mol. The van der Waals surface area contributed by atoms with Crippen molar-refractivity contribution >= 4 is 22.9 Å². The summed E-state index contributed by atoms with van der Waals surface area (Å²) in [6, 6.07) is 0. The Kier molecular flexibility index (Phi) is 7.94. The summed E-state index contributed by atoms with van der Waals surface area (Å²) in [6.07, 6.45) is 2.47. The molecule has 0 aromatic heterocycles. The smallest absolute Gasteiger partial charge is 0.293 e. The van der Waals surface area contributed by atoms with Crippen LogP contribution in [0.5, 0.6) is 0 Å². The van der Waals surface area contributed by atoms with Crippen LogP contribution in [0, 0.1) is 5.92 Å². The number of rotatable bonds is 6. The zero-order valence-electron chi connectivity index (χ0n) is 12.4. The third-order valence-corrected chi connectivity index (χ3v) is 4.20. The summed E-state index contributed by atoms with van der Waals surface area (Å²) in [7, 11) is 0. The number of thioether (sulfide) groups is 1. The Morgan fingerprint density at radius 2 is 1.90 bits per heavy atom. The maximum atomic E-state index is 11.9. The summed E-state index contributed by atoms with van der Waals surface area (Å²) >= 11 is 0.916. The molecule has 0 radical (unpaired) electrons. The average Bonchev–Trinajstić information content (AvgIpc) is 2.44. The van der Waals surface area contributed by atoms with E-state index < -0.39 is 0 Å². The molecule has 1 saturated heterocycles. The number of carbonyl (C=O) groups excluding carboxylic acids is 2. The molecule has 1 aliphatic heterocycles. The zero-order chi connectivity index (χ0) is 15.0. The lowest BCUT2D eigenvalue weighted by Gasteiger charge is -2.34. The predicted molar refractivity (Wildman–Crippen MR) is 82.3 cm³/mol. The largest absolute Gasteiger partial charge is 0.339 e. The fourth-order valence-electron chi connectivity index (χ4n) is 2.20. The van der Waals surface area contributed by atoms with Crippen molar-refractivity contribution in [3.05, 3.63) is 0 Å². The summed E-state index contributed by atoms with van der Waals surface area (Å²) in [5.41, 5.74) is 2.01. The van der Waals surface area contributed by atoms with Crippen molar-refractivity contribution in [2.45, 2.75) is 26.7 Å². The van der Waals surface area contributed by atoms with Gasteiger partial charge in [0.15, 0.2) is 0 Å². The molecule has 0 aromatic rings. The Bertz CT molecular complexity index is 317. The quantitative estimate of drug-likeness (QED) is 0.433. The van der Waals surface area contributed by atoms with E-state index >= 15 is 0 Å². The van der Waals surface area contributed by atoms with Gasteiger partial charge in [-0.3, -0.25) is 19.9 Å². The fourth-order valence-corrected chi connectivity index (χ4v) is 2.72. The molecule has 1 aliphatic rings. The van der Waals surface area contributed by atoms with E-state index in [0.717, 1.165) is 50.4 Å². The Morgan fingerprint density at radius 1 is 1.25 bits per heavy atom. The lowest BCUT2D eigenvalue weighted by atomic mass is 10.1. The minimum absolute atomic E-state index is 0.0143. The topological polar surface area (TPSA) is 78.7 Å². The Labute approximate surface area is 125 Å². The molecule has 0 unspecified atom stereocenters. The summed E-state index contributed by atoms with van der Waals surface area (Å²) in [4.78, 5) is 27.1. The van der Waals surface area contributed by atoms with Gasteiger partial charge >= 0.3 is 0 Å². The van der Waals surface area contributed by atoms with Crippen LogP contribution < -0.4 is 11.3 Å². The number of hydrogen-bond acceptors (Lipinski definition) is 5. The second-order valence-electron chi connectivity index (χ2n) is 5.48. The molecule has 0 saturated carbocycles. The first-order valence-corrected chi connectivity index (χ1v) is 8.15. The number of hydrazine groups is 1. The molecule has 0 bridgehead atoms. The van der Waals surface area contributed by atoms with Gasteiger partial charge in [-0.05, 0) is 25.3 Å². The SMILES string of the molecule is CC(C)CCCN1CCN(C(=O)CSC(=O)NN)CC1. The highest BCUT2D eigenvalue weighted by atomic mass is 32.2. The molecule has 0 spiro atoms. The number of hydrogen-bond donors (Lipinski definition) is 2. The van der Waals surface area contributed by atoms with Crippen LogP contribution in [0.1, 0.15) is 26.7 Å². The third-order valence-electron chi connectivity index (χ3n) is 3.43. The van der Waals surface area contributed by atoms with Crippen LogP contribution in [0.4, 0.5) is 4.79 Å². The highest BCUT2D eigenvalue weighted by molar-refractivity contribution is 8.14. The summed E-state index contributed by atoms with van der Waals surface area (Å²) in [5, 5.41) is -0.370. The summed E-state index contributed by atoms with van der Waals surface area (Å²) in [6.45, 7) is 8.97. The molecule has 20 heavy (non-hydrogen) atoms. The van der Waals surface area contributed by atoms with Crippen molar-refractivity contribution in [1.29, 1.82) is 0 Å². The molecule has 2 amide bonds. The number of carbonyl (C=O) groups is 2. The van der Waals surface area contributed by atoms with Crippen LogP contribution >= 0.6 is 11.8 Å². The highest BCUT2D eigenvalue weighted by Gasteiger charge is 2.21. The number of piperazine rings is 1. The van der Waals surface area contributed by atoms with Crippen molar-refractivity contribution in [1.82, 2.24) is 15.2 Å². The highest BCUT2D eigenvalue weighted by Crippen LogP contribution is 2.09.